The first-order chi connectivity index (χ1) is 8.95. The SMILES string of the molecule is COc1ccc(S(=O)(=O)N2CCSC(C)C2)c(N)c1. The normalized spacial score (nSPS) is 21.3. The monoisotopic (exact) mass is 302 g/mol. The molecule has 1 saturated heterocycles. The fraction of sp³-hybridized carbons (Fsp3) is 0.500. The van der Waals surface area contributed by atoms with Gasteiger partial charge in [0.05, 0.1) is 12.8 Å². The highest BCUT2D eigenvalue weighted by molar-refractivity contribution is 8.00. The van der Waals surface area contributed by atoms with Crippen molar-refractivity contribution in [2.75, 3.05) is 31.7 Å². The van der Waals surface area contributed by atoms with Crippen LogP contribution in [-0.2, 0) is 10.0 Å². The molecule has 2 rings (SSSR count). The summed E-state index contributed by atoms with van der Waals surface area (Å²) in [4.78, 5) is 0.160. The van der Waals surface area contributed by atoms with E-state index in [9.17, 15) is 8.42 Å². The third-order valence-electron chi connectivity index (χ3n) is 3.04. The van der Waals surface area contributed by atoms with Crippen molar-refractivity contribution in [3.8, 4) is 5.75 Å². The Kier molecular flexibility index (Phi) is 4.27. The fourth-order valence-corrected chi connectivity index (χ4v) is 4.88. The summed E-state index contributed by atoms with van der Waals surface area (Å²) in [5.74, 6) is 1.37. The highest BCUT2D eigenvalue weighted by atomic mass is 32.2. The summed E-state index contributed by atoms with van der Waals surface area (Å²) in [6.45, 7) is 3.09. The van der Waals surface area contributed by atoms with Crippen molar-refractivity contribution in [2.45, 2.75) is 17.1 Å². The van der Waals surface area contributed by atoms with Gasteiger partial charge in [-0.05, 0) is 12.1 Å². The zero-order valence-electron chi connectivity index (χ0n) is 11.0. The van der Waals surface area contributed by atoms with Gasteiger partial charge in [0, 0.05) is 30.2 Å². The molecular formula is C12H18N2O3S2. The first-order valence-electron chi connectivity index (χ1n) is 6.00. The highest BCUT2D eigenvalue weighted by Gasteiger charge is 2.30. The summed E-state index contributed by atoms with van der Waals surface area (Å²) in [7, 11) is -1.99. The maximum absolute atomic E-state index is 12.5. The lowest BCUT2D eigenvalue weighted by molar-refractivity contribution is 0.413. The Labute approximate surface area is 118 Å². The van der Waals surface area contributed by atoms with Gasteiger partial charge in [0.2, 0.25) is 10.0 Å². The molecular weight excluding hydrogens is 284 g/mol. The summed E-state index contributed by atoms with van der Waals surface area (Å²) in [6.07, 6.45) is 0. The van der Waals surface area contributed by atoms with E-state index in [4.69, 9.17) is 10.5 Å². The molecule has 1 aromatic rings. The van der Waals surface area contributed by atoms with Crippen LogP contribution in [0.3, 0.4) is 0 Å². The first-order valence-corrected chi connectivity index (χ1v) is 8.49. The largest absolute Gasteiger partial charge is 0.497 e. The quantitative estimate of drug-likeness (QED) is 0.855. The molecule has 0 aromatic heterocycles. The Morgan fingerprint density at radius 3 is 2.79 bits per heavy atom. The molecule has 1 aliphatic heterocycles. The van der Waals surface area contributed by atoms with E-state index in [0.29, 0.717) is 24.1 Å². The lowest BCUT2D eigenvalue weighted by Gasteiger charge is -2.30. The molecule has 5 nitrogen and oxygen atoms in total. The zero-order valence-corrected chi connectivity index (χ0v) is 12.6. The van der Waals surface area contributed by atoms with Crippen LogP contribution in [0.15, 0.2) is 23.1 Å². The molecule has 19 heavy (non-hydrogen) atoms. The maximum atomic E-state index is 12.5. The summed E-state index contributed by atoms with van der Waals surface area (Å²) < 4.78 is 31.6. The number of hydrogen-bond donors (Lipinski definition) is 1. The van der Waals surface area contributed by atoms with E-state index in [-0.39, 0.29) is 10.6 Å². The Morgan fingerprint density at radius 1 is 1.47 bits per heavy atom. The van der Waals surface area contributed by atoms with Crippen molar-refractivity contribution in [1.29, 1.82) is 0 Å². The number of anilines is 1. The van der Waals surface area contributed by atoms with Gasteiger partial charge in [-0.3, -0.25) is 0 Å². The molecule has 1 aromatic carbocycles. The van der Waals surface area contributed by atoms with Crippen molar-refractivity contribution in [2.24, 2.45) is 0 Å². The number of nitrogens with two attached hydrogens (primary N) is 1. The molecule has 0 aliphatic carbocycles. The summed E-state index contributed by atoms with van der Waals surface area (Å²) in [5.41, 5.74) is 6.06. The number of hydrogen-bond acceptors (Lipinski definition) is 5. The van der Waals surface area contributed by atoms with Gasteiger partial charge in [-0.1, -0.05) is 6.92 Å². The molecule has 0 amide bonds. The van der Waals surface area contributed by atoms with Crippen LogP contribution in [0.2, 0.25) is 0 Å². The van der Waals surface area contributed by atoms with E-state index in [2.05, 4.69) is 0 Å². The lowest BCUT2D eigenvalue weighted by Crippen LogP contribution is -2.41. The van der Waals surface area contributed by atoms with Gasteiger partial charge >= 0.3 is 0 Å². The van der Waals surface area contributed by atoms with Gasteiger partial charge in [-0.15, -0.1) is 0 Å². The topological polar surface area (TPSA) is 72.6 Å². The van der Waals surface area contributed by atoms with Crippen molar-refractivity contribution in [3.63, 3.8) is 0 Å². The zero-order chi connectivity index (χ0) is 14.0. The van der Waals surface area contributed by atoms with Crippen molar-refractivity contribution >= 4 is 27.5 Å². The van der Waals surface area contributed by atoms with Crippen LogP contribution in [0.5, 0.6) is 5.75 Å². The second-order valence-electron chi connectivity index (χ2n) is 4.45. The third-order valence-corrected chi connectivity index (χ3v) is 6.11. The van der Waals surface area contributed by atoms with E-state index < -0.39 is 10.0 Å². The molecule has 0 bridgehead atoms. The number of nitrogen functional groups attached to an aromatic ring is 1. The molecule has 1 heterocycles. The number of thioether (sulfide) groups is 1. The molecule has 2 N–H and O–H groups in total. The standard InChI is InChI=1S/C12H18N2O3S2/c1-9-8-14(5-6-18-9)19(15,16)12-4-3-10(17-2)7-11(12)13/h3-4,7,9H,5-6,8,13H2,1-2H3. The van der Waals surface area contributed by atoms with Gasteiger partial charge < -0.3 is 10.5 Å². The minimum absolute atomic E-state index is 0.160. The highest BCUT2D eigenvalue weighted by Crippen LogP contribution is 2.29. The second-order valence-corrected chi connectivity index (χ2v) is 7.90. The molecule has 1 unspecified atom stereocenters. The van der Waals surface area contributed by atoms with Gasteiger partial charge in [-0.2, -0.15) is 16.1 Å². The van der Waals surface area contributed by atoms with Gasteiger partial charge in [0.15, 0.2) is 0 Å². The van der Waals surface area contributed by atoms with E-state index >= 15 is 0 Å². The van der Waals surface area contributed by atoms with E-state index in [0.717, 1.165) is 5.75 Å². The van der Waals surface area contributed by atoms with Crippen LogP contribution in [0.4, 0.5) is 5.69 Å². The Morgan fingerprint density at radius 2 is 2.21 bits per heavy atom. The summed E-state index contributed by atoms with van der Waals surface area (Å²) >= 11 is 1.79. The van der Waals surface area contributed by atoms with E-state index in [1.807, 2.05) is 6.92 Å². The van der Waals surface area contributed by atoms with Crippen LogP contribution in [0.1, 0.15) is 6.92 Å². The van der Waals surface area contributed by atoms with Crippen LogP contribution < -0.4 is 10.5 Å². The maximum Gasteiger partial charge on any atom is 0.245 e. The molecule has 1 fully saturated rings. The van der Waals surface area contributed by atoms with E-state index in [1.54, 1.807) is 17.8 Å². The number of nitrogens with zero attached hydrogens (tertiary/aromatic N) is 1. The smallest absolute Gasteiger partial charge is 0.245 e. The Hall–Kier alpha value is -0.920. The molecule has 106 valence electrons. The molecule has 1 atom stereocenters. The second kappa shape index (κ2) is 5.60. The van der Waals surface area contributed by atoms with Gasteiger partial charge in [0.25, 0.3) is 0 Å². The predicted molar refractivity (Wildman–Crippen MR) is 78.1 cm³/mol. The Bertz CT molecular complexity index is 560. The number of methoxy groups -OCH3 is 1. The number of sulfonamides is 1. The van der Waals surface area contributed by atoms with Gasteiger partial charge in [0.1, 0.15) is 10.6 Å². The summed E-state index contributed by atoms with van der Waals surface area (Å²) in [6, 6.07) is 4.66. The average molecular weight is 302 g/mol. The van der Waals surface area contributed by atoms with Gasteiger partial charge in [-0.25, -0.2) is 8.42 Å². The molecule has 7 heteroatoms. The average Bonchev–Trinajstić information content (AvgIpc) is 2.38. The van der Waals surface area contributed by atoms with Crippen LogP contribution >= 0.6 is 11.8 Å². The predicted octanol–water partition coefficient (Wildman–Crippen LogP) is 1.40. The number of ether oxygens (including phenoxy) is 1. The Balaban J connectivity index is 2.33. The molecule has 0 radical (unpaired) electrons. The van der Waals surface area contributed by atoms with Crippen LogP contribution in [0.25, 0.3) is 0 Å². The minimum atomic E-state index is -3.51. The summed E-state index contributed by atoms with van der Waals surface area (Å²) in [5, 5.41) is 0.308. The van der Waals surface area contributed by atoms with Crippen molar-refractivity contribution in [1.82, 2.24) is 4.31 Å². The van der Waals surface area contributed by atoms with Crippen molar-refractivity contribution in [3.05, 3.63) is 18.2 Å². The molecule has 1 aliphatic rings. The molecule has 0 saturated carbocycles. The molecule has 0 spiro atoms. The van der Waals surface area contributed by atoms with Crippen molar-refractivity contribution < 1.29 is 13.2 Å². The fourth-order valence-electron chi connectivity index (χ4n) is 2.03. The number of benzene rings is 1. The first kappa shape index (κ1) is 14.5. The van der Waals surface area contributed by atoms with E-state index in [1.165, 1.54) is 23.5 Å². The van der Waals surface area contributed by atoms with Crippen LogP contribution in [0, 0.1) is 0 Å². The lowest BCUT2D eigenvalue weighted by atomic mass is 10.3. The van der Waals surface area contributed by atoms with Crippen LogP contribution in [-0.4, -0.2) is 43.9 Å². The third kappa shape index (κ3) is 2.98. The number of rotatable bonds is 3. The minimum Gasteiger partial charge on any atom is -0.497 e.